The number of carbonyl (C=O) groups excluding carboxylic acids is 1. The molecule has 1 rings (SSSR count). The maximum atomic E-state index is 10.7. The van der Waals surface area contributed by atoms with Gasteiger partial charge in [-0.1, -0.05) is 29.3 Å². The van der Waals surface area contributed by atoms with Crippen LogP contribution < -0.4 is 0 Å². The monoisotopic (exact) mass is 243 g/mol. The quantitative estimate of drug-likeness (QED) is 0.641. The van der Waals surface area contributed by atoms with Gasteiger partial charge in [0.25, 0.3) is 0 Å². The second kappa shape index (κ2) is 4.61. The molecule has 0 aliphatic rings. The third-order valence-corrected chi connectivity index (χ3v) is 2.82. The van der Waals surface area contributed by atoms with Crippen molar-refractivity contribution in [2.45, 2.75) is 32.0 Å². The Hall–Kier alpha value is -0.570. The van der Waals surface area contributed by atoms with E-state index in [1.807, 2.05) is 6.92 Å². The Kier molecular flexibility index (Phi) is 3.72. The van der Waals surface area contributed by atoms with E-state index >= 15 is 0 Å². The molecule has 0 bridgehead atoms. The molecule has 1 N–H and O–H groups in total. The molecule has 1 aromatic heterocycles. The average molecular weight is 244 g/mol. The third kappa shape index (κ3) is 2.02. The minimum Gasteiger partial charge on any atom is -0.355 e. The maximum absolute atomic E-state index is 10.7. The number of rotatable bonds is 4. The summed E-state index contributed by atoms with van der Waals surface area (Å²) in [5, 5.41) is 0.789. The van der Waals surface area contributed by atoms with Crippen molar-refractivity contribution in [3.63, 3.8) is 0 Å². The zero-order valence-corrected chi connectivity index (χ0v) is 9.57. The first-order valence-corrected chi connectivity index (χ1v) is 5.58. The van der Waals surface area contributed by atoms with Gasteiger partial charge in [-0.3, -0.25) is 4.79 Å². The number of halogens is 1. The largest absolute Gasteiger partial charge is 0.355 e. The fourth-order valence-corrected chi connectivity index (χ4v) is 2.02. The molecule has 0 radical (unpaired) electrons. The molecule has 1 heterocycles. The molecule has 0 atom stereocenters. The van der Waals surface area contributed by atoms with Crippen LogP contribution in [0.2, 0.25) is 0 Å². The zero-order valence-electron chi connectivity index (χ0n) is 7.98. The van der Waals surface area contributed by atoms with Gasteiger partial charge in [0.1, 0.15) is 0 Å². The van der Waals surface area contributed by atoms with Crippen LogP contribution in [0.15, 0.2) is 0 Å². The molecule has 0 aromatic carbocycles. The lowest BCUT2D eigenvalue weighted by molar-refractivity contribution is 0.111. The van der Waals surface area contributed by atoms with E-state index in [1.54, 1.807) is 0 Å². The van der Waals surface area contributed by atoms with Crippen LogP contribution in [0.4, 0.5) is 0 Å². The number of aldehydes is 1. The molecular formula is C10H14BrNO. The van der Waals surface area contributed by atoms with Crippen molar-refractivity contribution in [1.29, 1.82) is 0 Å². The van der Waals surface area contributed by atoms with E-state index < -0.39 is 0 Å². The highest BCUT2D eigenvalue weighted by molar-refractivity contribution is 9.08. The van der Waals surface area contributed by atoms with E-state index in [0.29, 0.717) is 0 Å². The molecule has 0 spiro atoms. The van der Waals surface area contributed by atoms with Crippen LogP contribution in [-0.4, -0.2) is 11.3 Å². The molecule has 0 fully saturated rings. The minimum atomic E-state index is 0.720. The maximum Gasteiger partial charge on any atom is 0.166 e. The molecule has 0 aliphatic heterocycles. The Morgan fingerprint density at radius 3 is 2.69 bits per heavy atom. The molecule has 3 heteroatoms. The topological polar surface area (TPSA) is 32.9 Å². The van der Waals surface area contributed by atoms with Gasteiger partial charge in [-0.05, 0) is 24.5 Å². The Morgan fingerprint density at radius 1 is 1.54 bits per heavy atom. The predicted molar refractivity (Wildman–Crippen MR) is 57.5 cm³/mol. The van der Waals surface area contributed by atoms with Gasteiger partial charge in [-0.25, -0.2) is 0 Å². The van der Waals surface area contributed by atoms with Crippen LogP contribution in [0.1, 0.15) is 40.7 Å². The number of nitrogens with one attached hydrogen (secondary N) is 1. The number of alkyl halides is 1. The van der Waals surface area contributed by atoms with E-state index in [4.69, 9.17) is 0 Å². The predicted octanol–water partition coefficient (Wildman–Crippen LogP) is 2.98. The molecule has 72 valence electrons. The molecule has 2 nitrogen and oxygen atoms in total. The van der Waals surface area contributed by atoms with Crippen molar-refractivity contribution in [2.75, 3.05) is 0 Å². The fraction of sp³-hybridized carbons (Fsp3) is 0.500. The van der Waals surface area contributed by atoms with Crippen molar-refractivity contribution in [2.24, 2.45) is 0 Å². The average Bonchev–Trinajstić information content (AvgIpc) is 2.45. The van der Waals surface area contributed by atoms with Crippen molar-refractivity contribution in [3.05, 3.63) is 22.5 Å². The molecule has 0 saturated carbocycles. The molecule has 0 amide bonds. The lowest BCUT2D eigenvalue weighted by atomic mass is 10.1. The van der Waals surface area contributed by atoms with Crippen LogP contribution in [0.25, 0.3) is 0 Å². The number of aromatic nitrogens is 1. The number of hydrogen-bond donors (Lipinski definition) is 1. The van der Waals surface area contributed by atoms with E-state index in [1.165, 1.54) is 5.56 Å². The molecule has 0 unspecified atom stereocenters. The van der Waals surface area contributed by atoms with Crippen LogP contribution in [-0.2, 0) is 11.8 Å². The minimum absolute atomic E-state index is 0.720. The van der Waals surface area contributed by atoms with Gasteiger partial charge in [0, 0.05) is 11.0 Å². The van der Waals surface area contributed by atoms with Gasteiger partial charge in [-0.2, -0.15) is 0 Å². The fourth-order valence-electron chi connectivity index (χ4n) is 1.54. The molecular weight excluding hydrogens is 230 g/mol. The van der Waals surface area contributed by atoms with Crippen molar-refractivity contribution in [1.82, 2.24) is 4.98 Å². The van der Waals surface area contributed by atoms with E-state index in [0.717, 1.165) is 41.4 Å². The summed E-state index contributed by atoms with van der Waals surface area (Å²) in [5.74, 6) is 0. The highest BCUT2D eigenvalue weighted by Crippen LogP contribution is 2.20. The number of H-pyrrole nitrogens is 1. The zero-order chi connectivity index (χ0) is 9.84. The second-order valence-electron chi connectivity index (χ2n) is 3.12. The third-order valence-electron chi connectivity index (χ3n) is 2.26. The first kappa shape index (κ1) is 10.5. The van der Waals surface area contributed by atoms with Gasteiger partial charge in [0.15, 0.2) is 6.29 Å². The number of hydrogen-bond acceptors (Lipinski definition) is 1. The van der Waals surface area contributed by atoms with Gasteiger partial charge >= 0.3 is 0 Å². The Bertz CT molecular complexity index is 304. The van der Waals surface area contributed by atoms with Crippen LogP contribution >= 0.6 is 15.9 Å². The van der Waals surface area contributed by atoms with Crippen LogP contribution in [0, 0.1) is 6.92 Å². The highest BCUT2D eigenvalue weighted by atomic mass is 79.9. The lowest BCUT2D eigenvalue weighted by Crippen LogP contribution is -1.89. The van der Waals surface area contributed by atoms with E-state index in [-0.39, 0.29) is 0 Å². The molecule has 1 aromatic rings. The number of carbonyl (C=O) groups is 1. The van der Waals surface area contributed by atoms with E-state index in [9.17, 15) is 4.79 Å². The Morgan fingerprint density at radius 2 is 2.23 bits per heavy atom. The van der Waals surface area contributed by atoms with Gasteiger partial charge < -0.3 is 4.98 Å². The normalized spacial score (nSPS) is 10.4. The molecule has 13 heavy (non-hydrogen) atoms. The molecule has 0 saturated heterocycles. The number of aromatic amines is 1. The van der Waals surface area contributed by atoms with Crippen LogP contribution in [0.3, 0.4) is 0 Å². The van der Waals surface area contributed by atoms with Crippen molar-refractivity contribution in [3.8, 4) is 0 Å². The Labute approximate surface area is 86.9 Å². The summed E-state index contributed by atoms with van der Waals surface area (Å²) in [6.07, 6.45) is 3.04. The smallest absolute Gasteiger partial charge is 0.166 e. The Balaban J connectivity index is 3.12. The standard InChI is InChI=1S/C10H14BrNO/c1-3-4-8-7(2)10(6-13)12-9(8)5-11/h6,12H,3-5H2,1-2H3. The lowest BCUT2D eigenvalue weighted by Gasteiger charge is -1.99. The SMILES string of the molecule is CCCc1c(CBr)[nH]c(C=O)c1C. The summed E-state index contributed by atoms with van der Waals surface area (Å²) in [6.45, 7) is 4.14. The molecule has 0 aliphatic carbocycles. The summed E-state index contributed by atoms with van der Waals surface area (Å²) in [6, 6.07) is 0. The summed E-state index contributed by atoms with van der Waals surface area (Å²) in [4.78, 5) is 13.8. The summed E-state index contributed by atoms with van der Waals surface area (Å²) in [5.41, 5.74) is 4.26. The van der Waals surface area contributed by atoms with Gasteiger partial charge in [0.2, 0.25) is 0 Å². The van der Waals surface area contributed by atoms with Gasteiger partial charge in [-0.15, -0.1) is 0 Å². The highest BCUT2D eigenvalue weighted by Gasteiger charge is 2.11. The van der Waals surface area contributed by atoms with Crippen molar-refractivity contribution >= 4 is 22.2 Å². The second-order valence-corrected chi connectivity index (χ2v) is 3.68. The first-order chi connectivity index (χ1) is 6.24. The summed E-state index contributed by atoms with van der Waals surface area (Å²) >= 11 is 3.41. The first-order valence-electron chi connectivity index (χ1n) is 4.46. The van der Waals surface area contributed by atoms with E-state index in [2.05, 4.69) is 27.8 Å². The van der Waals surface area contributed by atoms with Crippen molar-refractivity contribution < 1.29 is 4.79 Å². The summed E-state index contributed by atoms with van der Waals surface area (Å²) in [7, 11) is 0. The summed E-state index contributed by atoms with van der Waals surface area (Å²) < 4.78 is 0. The van der Waals surface area contributed by atoms with Gasteiger partial charge in [0.05, 0.1) is 5.69 Å². The van der Waals surface area contributed by atoms with Crippen LogP contribution in [0.5, 0.6) is 0 Å².